The maximum atomic E-state index is 13.6. The van der Waals surface area contributed by atoms with Gasteiger partial charge in [-0.05, 0) is 44.5 Å². The monoisotopic (exact) mass is 240 g/mol. The molecule has 0 aromatic heterocycles. The van der Waals surface area contributed by atoms with E-state index in [0.29, 0.717) is 12.1 Å². The molecule has 1 N–H and O–H groups in total. The highest BCUT2D eigenvalue weighted by molar-refractivity contribution is 5.48. The molecule has 0 aliphatic carbocycles. The van der Waals surface area contributed by atoms with Crippen molar-refractivity contribution in [2.45, 2.75) is 19.8 Å². The van der Waals surface area contributed by atoms with Gasteiger partial charge in [-0.25, -0.2) is 8.78 Å². The number of hydrogen-bond donors (Lipinski definition) is 1. The van der Waals surface area contributed by atoms with E-state index in [1.54, 1.807) is 6.92 Å². The predicted octanol–water partition coefficient (Wildman–Crippen LogP) is 2.78. The zero-order valence-electron chi connectivity index (χ0n) is 10.1. The Kier molecular flexibility index (Phi) is 3.94. The lowest BCUT2D eigenvalue weighted by atomic mass is 10.2. The van der Waals surface area contributed by atoms with E-state index in [-0.39, 0.29) is 5.69 Å². The second kappa shape index (κ2) is 5.45. The molecule has 1 fully saturated rings. The van der Waals surface area contributed by atoms with Crippen LogP contribution in [0.4, 0.5) is 14.5 Å². The standard InChI is InChI=1S/C13H18F2N2/c1-10-4-5-11(14)13(12(10)15)16-6-9-17-7-2-3-8-17/h4-5,16H,2-3,6-9H2,1H3. The molecule has 0 atom stereocenters. The Morgan fingerprint density at radius 1 is 1.24 bits per heavy atom. The Balaban J connectivity index is 1.91. The van der Waals surface area contributed by atoms with Gasteiger partial charge in [0.1, 0.15) is 11.5 Å². The maximum Gasteiger partial charge on any atom is 0.152 e. The zero-order valence-corrected chi connectivity index (χ0v) is 10.1. The summed E-state index contributed by atoms with van der Waals surface area (Å²) in [5, 5.41) is 2.86. The highest BCUT2D eigenvalue weighted by Gasteiger charge is 2.13. The van der Waals surface area contributed by atoms with E-state index in [1.807, 2.05) is 0 Å². The molecule has 0 radical (unpaired) electrons. The minimum absolute atomic E-state index is 0.00389. The van der Waals surface area contributed by atoms with Gasteiger partial charge in [0.05, 0.1) is 0 Å². The van der Waals surface area contributed by atoms with Gasteiger partial charge in [-0.15, -0.1) is 0 Å². The van der Waals surface area contributed by atoms with Crippen molar-refractivity contribution in [1.82, 2.24) is 4.90 Å². The minimum atomic E-state index is -0.519. The van der Waals surface area contributed by atoms with E-state index < -0.39 is 11.6 Å². The molecular formula is C13H18F2N2. The van der Waals surface area contributed by atoms with Crippen molar-refractivity contribution >= 4 is 5.69 Å². The number of halogens is 2. The molecule has 1 heterocycles. The Labute approximate surface area is 101 Å². The van der Waals surface area contributed by atoms with Crippen LogP contribution in [-0.2, 0) is 0 Å². The number of nitrogens with one attached hydrogen (secondary N) is 1. The zero-order chi connectivity index (χ0) is 12.3. The molecule has 0 unspecified atom stereocenters. The lowest BCUT2D eigenvalue weighted by molar-refractivity contribution is 0.352. The van der Waals surface area contributed by atoms with Crippen LogP contribution in [0.2, 0.25) is 0 Å². The van der Waals surface area contributed by atoms with Gasteiger partial charge in [0, 0.05) is 13.1 Å². The van der Waals surface area contributed by atoms with Crippen molar-refractivity contribution in [3.8, 4) is 0 Å². The molecule has 2 rings (SSSR count). The van der Waals surface area contributed by atoms with Crippen molar-refractivity contribution in [3.05, 3.63) is 29.3 Å². The largest absolute Gasteiger partial charge is 0.379 e. The number of nitrogens with zero attached hydrogens (tertiary/aromatic N) is 1. The van der Waals surface area contributed by atoms with Crippen LogP contribution >= 0.6 is 0 Å². The number of hydrogen-bond acceptors (Lipinski definition) is 2. The van der Waals surface area contributed by atoms with E-state index in [2.05, 4.69) is 10.2 Å². The summed E-state index contributed by atoms with van der Waals surface area (Å²) in [6.45, 7) is 5.26. The lowest BCUT2D eigenvalue weighted by Gasteiger charge is -2.16. The molecule has 0 saturated carbocycles. The highest BCUT2D eigenvalue weighted by Crippen LogP contribution is 2.21. The van der Waals surface area contributed by atoms with Crippen molar-refractivity contribution < 1.29 is 8.78 Å². The number of benzene rings is 1. The van der Waals surface area contributed by atoms with Crippen molar-refractivity contribution in [1.29, 1.82) is 0 Å². The fourth-order valence-electron chi connectivity index (χ4n) is 2.16. The van der Waals surface area contributed by atoms with Crippen LogP contribution in [0.1, 0.15) is 18.4 Å². The smallest absolute Gasteiger partial charge is 0.152 e. The van der Waals surface area contributed by atoms with E-state index in [9.17, 15) is 8.78 Å². The molecule has 17 heavy (non-hydrogen) atoms. The predicted molar refractivity (Wildman–Crippen MR) is 65.3 cm³/mol. The summed E-state index contributed by atoms with van der Waals surface area (Å²) >= 11 is 0. The second-order valence-corrected chi connectivity index (χ2v) is 4.53. The third kappa shape index (κ3) is 2.94. The first-order valence-corrected chi connectivity index (χ1v) is 6.09. The molecular weight excluding hydrogens is 222 g/mol. The van der Waals surface area contributed by atoms with Crippen molar-refractivity contribution in [2.24, 2.45) is 0 Å². The van der Waals surface area contributed by atoms with Gasteiger partial charge in [0.25, 0.3) is 0 Å². The molecule has 2 nitrogen and oxygen atoms in total. The van der Waals surface area contributed by atoms with Gasteiger partial charge >= 0.3 is 0 Å². The average molecular weight is 240 g/mol. The summed E-state index contributed by atoms with van der Waals surface area (Å²) in [4.78, 5) is 2.30. The molecule has 0 amide bonds. The van der Waals surface area contributed by atoms with Gasteiger partial charge in [0.2, 0.25) is 0 Å². The number of anilines is 1. The first kappa shape index (κ1) is 12.3. The Morgan fingerprint density at radius 3 is 2.65 bits per heavy atom. The molecule has 4 heteroatoms. The van der Waals surface area contributed by atoms with Gasteiger partial charge in [-0.2, -0.15) is 0 Å². The fraction of sp³-hybridized carbons (Fsp3) is 0.538. The summed E-state index contributed by atoms with van der Waals surface area (Å²) in [5.74, 6) is -0.999. The van der Waals surface area contributed by atoms with Gasteiger partial charge in [0.15, 0.2) is 5.82 Å². The lowest BCUT2D eigenvalue weighted by Crippen LogP contribution is -2.26. The van der Waals surface area contributed by atoms with Crippen molar-refractivity contribution in [2.75, 3.05) is 31.5 Å². The van der Waals surface area contributed by atoms with Crippen LogP contribution < -0.4 is 5.32 Å². The first-order chi connectivity index (χ1) is 8.18. The second-order valence-electron chi connectivity index (χ2n) is 4.53. The van der Waals surface area contributed by atoms with E-state index in [4.69, 9.17) is 0 Å². The van der Waals surface area contributed by atoms with Gasteiger partial charge in [-0.3, -0.25) is 0 Å². The summed E-state index contributed by atoms with van der Waals surface area (Å²) in [6.07, 6.45) is 2.46. The number of rotatable bonds is 4. The number of likely N-dealkylation sites (tertiary alicyclic amines) is 1. The SMILES string of the molecule is Cc1ccc(F)c(NCCN2CCCC2)c1F. The quantitative estimate of drug-likeness (QED) is 0.870. The average Bonchev–Trinajstić information content (AvgIpc) is 2.81. The Bertz CT molecular complexity index is 387. The minimum Gasteiger partial charge on any atom is -0.379 e. The summed E-state index contributed by atoms with van der Waals surface area (Å²) in [6, 6.07) is 2.76. The highest BCUT2D eigenvalue weighted by atomic mass is 19.1. The maximum absolute atomic E-state index is 13.6. The van der Waals surface area contributed by atoms with Crippen molar-refractivity contribution in [3.63, 3.8) is 0 Å². The summed E-state index contributed by atoms with van der Waals surface area (Å²) in [7, 11) is 0. The van der Waals surface area contributed by atoms with Crippen LogP contribution in [0.3, 0.4) is 0 Å². The van der Waals surface area contributed by atoms with Crippen LogP contribution in [0, 0.1) is 18.6 Å². The molecule has 94 valence electrons. The first-order valence-electron chi connectivity index (χ1n) is 6.09. The van der Waals surface area contributed by atoms with Crippen LogP contribution in [0.15, 0.2) is 12.1 Å². The molecule has 1 aromatic carbocycles. The molecule has 0 bridgehead atoms. The molecule has 1 aliphatic heterocycles. The van der Waals surface area contributed by atoms with Crippen LogP contribution in [0.25, 0.3) is 0 Å². The Hall–Kier alpha value is -1.16. The number of aryl methyl sites for hydroxylation is 1. The van der Waals surface area contributed by atoms with Crippen LogP contribution in [-0.4, -0.2) is 31.1 Å². The topological polar surface area (TPSA) is 15.3 Å². The van der Waals surface area contributed by atoms with Gasteiger partial charge < -0.3 is 10.2 Å². The third-order valence-corrected chi connectivity index (χ3v) is 3.21. The molecule has 1 saturated heterocycles. The van der Waals surface area contributed by atoms with E-state index in [0.717, 1.165) is 19.6 Å². The van der Waals surface area contributed by atoms with Gasteiger partial charge in [-0.1, -0.05) is 6.07 Å². The Morgan fingerprint density at radius 2 is 1.94 bits per heavy atom. The summed E-state index contributed by atoms with van der Waals surface area (Å²) < 4.78 is 27.1. The normalized spacial score (nSPS) is 16.4. The van der Waals surface area contributed by atoms with Crippen LogP contribution in [0.5, 0.6) is 0 Å². The fourth-order valence-corrected chi connectivity index (χ4v) is 2.16. The third-order valence-electron chi connectivity index (χ3n) is 3.21. The molecule has 0 spiro atoms. The molecule has 1 aliphatic rings. The summed E-state index contributed by atoms with van der Waals surface area (Å²) in [5.41, 5.74) is 0.472. The van der Waals surface area contributed by atoms with E-state index >= 15 is 0 Å². The van der Waals surface area contributed by atoms with E-state index in [1.165, 1.54) is 25.0 Å². The molecule has 1 aromatic rings.